The van der Waals surface area contributed by atoms with Crippen LogP contribution in [0, 0.1) is 0 Å². The topological polar surface area (TPSA) is 15.3 Å². The van der Waals surface area contributed by atoms with Crippen molar-refractivity contribution >= 4 is 11.8 Å². The van der Waals surface area contributed by atoms with Crippen molar-refractivity contribution in [3.8, 4) is 0 Å². The Kier molecular flexibility index (Phi) is 4.18. The Bertz CT molecular complexity index is 81.7. The third-order valence-electron chi connectivity index (χ3n) is 1.69. The van der Waals surface area contributed by atoms with Gasteiger partial charge in [-0.1, -0.05) is 6.92 Å². The van der Waals surface area contributed by atoms with Crippen molar-refractivity contribution in [2.24, 2.45) is 0 Å². The molecule has 1 rings (SSSR count). The van der Waals surface area contributed by atoms with E-state index in [9.17, 15) is 0 Å². The van der Waals surface area contributed by atoms with E-state index in [2.05, 4.69) is 17.1 Å². The minimum absolute atomic E-state index is 1.17. The third kappa shape index (κ3) is 2.90. The zero-order chi connectivity index (χ0) is 7.23. The van der Waals surface area contributed by atoms with Crippen LogP contribution >= 0.6 is 11.8 Å². The van der Waals surface area contributed by atoms with Gasteiger partial charge >= 0.3 is 0 Å². The molecule has 60 valence electrons. The maximum atomic E-state index is 3.34. The maximum Gasteiger partial charge on any atom is 0.0445 e. The summed E-state index contributed by atoms with van der Waals surface area (Å²) in [5, 5.41) is 3.34. The first-order valence-corrected chi connectivity index (χ1v) is 5.09. The summed E-state index contributed by atoms with van der Waals surface area (Å²) in [4.78, 5) is 2.50. The van der Waals surface area contributed by atoms with Gasteiger partial charge in [0, 0.05) is 32.1 Å². The van der Waals surface area contributed by atoms with Crippen molar-refractivity contribution < 1.29 is 0 Å². The average Bonchev–Trinajstić information content (AvgIpc) is 2.03. The summed E-state index contributed by atoms with van der Waals surface area (Å²) in [6.45, 7) is 7.02. The molecule has 0 radical (unpaired) electrons. The summed E-state index contributed by atoms with van der Waals surface area (Å²) < 4.78 is 0. The molecule has 1 aliphatic rings. The Morgan fingerprint density at radius 2 is 2.10 bits per heavy atom. The number of hydrogen-bond donors (Lipinski definition) is 1. The zero-order valence-electron chi connectivity index (χ0n) is 6.60. The molecule has 0 unspecified atom stereocenters. The van der Waals surface area contributed by atoms with Crippen LogP contribution in [-0.4, -0.2) is 42.7 Å². The van der Waals surface area contributed by atoms with Crippen LogP contribution in [0.2, 0.25) is 0 Å². The molecule has 0 aromatic rings. The largest absolute Gasteiger partial charge is 0.314 e. The smallest absolute Gasteiger partial charge is 0.0445 e. The summed E-state index contributed by atoms with van der Waals surface area (Å²) in [6.07, 6.45) is 0. The quantitative estimate of drug-likeness (QED) is 0.651. The zero-order valence-corrected chi connectivity index (χ0v) is 7.41. The highest BCUT2D eigenvalue weighted by Gasteiger charge is 2.07. The van der Waals surface area contributed by atoms with Crippen LogP contribution in [0.4, 0.5) is 0 Å². The monoisotopic (exact) mass is 160 g/mol. The molecular formula is C7H16N2S. The summed E-state index contributed by atoms with van der Waals surface area (Å²) in [6, 6.07) is 0. The van der Waals surface area contributed by atoms with E-state index >= 15 is 0 Å². The fourth-order valence-electron chi connectivity index (χ4n) is 1.06. The predicted octanol–water partition coefficient (Wildman–Crippen LogP) is 0.602. The highest BCUT2D eigenvalue weighted by atomic mass is 32.2. The van der Waals surface area contributed by atoms with E-state index in [1.165, 1.54) is 37.8 Å². The lowest BCUT2D eigenvalue weighted by Gasteiger charge is -2.26. The first-order chi connectivity index (χ1) is 4.93. The second-order valence-corrected chi connectivity index (χ2v) is 3.73. The molecule has 1 N–H and O–H groups in total. The normalized spacial score (nSPS) is 21.3. The highest BCUT2D eigenvalue weighted by Crippen LogP contribution is 2.03. The molecule has 0 aromatic heterocycles. The lowest BCUT2D eigenvalue weighted by Crippen LogP contribution is -2.43. The molecule has 0 aromatic carbocycles. The van der Waals surface area contributed by atoms with Gasteiger partial charge in [-0.15, -0.1) is 11.8 Å². The lowest BCUT2D eigenvalue weighted by molar-refractivity contribution is 0.280. The molecule has 1 heterocycles. The number of thioether (sulfide) groups is 1. The highest BCUT2D eigenvalue weighted by molar-refractivity contribution is 7.99. The van der Waals surface area contributed by atoms with Crippen molar-refractivity contribution in [2.45, 2.75) is 6.92 Å². The Balaban J connectivity index is 2.02. The van der Waals surface area contributed by atoms with Gasteiger partial charge in [0.05, 0.1) is 0 Å². The van der Waals surface area contributed by atoms with E-state index in [4.69, 9.17) is 0 Å². The minimum atomic E-state index is 1.17. The van der Waals surface area contributed by atoms with Gasteiger partial charge in [-0.2, -0.15) is 0 Å². The lowest BCUT2D eigenvalue weighted by atomic mass is 10.4. The van der Waals surface area contributed by atoms with Gasteiger partial charge in [-0.05, 0) is 5.75 Å². The Labute approximate surface area is 67.4 Å². The van der Waals surface area contributed by atoms with Crippen LogP contribution in [-0.2, 0) is 0 Å². The molecule has 0 aliphatic carbocycles. The summed E-state index contributed by atoms with van der Waals surface area (Å²) >= 11 is 2.01. The summed E-state index contributed by atoms with van der Waals surface area (Å²) in [5.41, 5.74) is 0. The second kappa shape index (κ2) is 4.99. The van der Waals surface area contributed by atoms with Gasteiger partial charge in [0.25, 0.3) is 0 Å². The molecule has 0 amide bonds. The Morgan fingerprint density at radius 3 is 2.70 bits per heavy atom. The molecular weight excluding hydrogens is 144 g/mol. The van der Waals surface area contributed by atoms with E-state index in [1.807, 2.05) is 11.8 Å². The van der Waals surface area contributed by atoms with Crippen molar-refractivity contribution in [3.63, 3.8) is 0 Å². The van der Waals surface area contributed by atoms with Gasteiger partial charge < -0.3 is 5.32 Å². The Hall–Kier alpha value is 0.270. The maximum absolute atomic E-state index is 3.34. The number of nitrogens with one attached hydrogen (secondary N) is 1. The van der Waals surface area contributed by atoms with E-state index in [0.29, 0.717) is 0 Å². The molecule has 0 atom stereocenters. The molecule has 3 heteroatoms. The summed E-state index contributed by atoms with van der Waals surface area (Å²) in [5.74, 6) is 2.46. The fourth-order valence-corrected chi connectivity index (χ4v) is 1.76. The van der Waals surface area contributed by atoms with Gasteiger partial charge in [-0.3, -0.25) is 4.90 Å². The van der Waals surface area contributed by atoms with Crippen molar-refractivity contribution in [3.05, 3.63) is 0 Å². The first-order valence-electron chi connectivity index (χ1n) is 3.94. The average molecular weight is 160 g/mol. The van der Waals surface area contributed by atoms with Crippen LogP contribution < -0.4 is 5.32 Å². The molecule has 0 saturated carbocycles. The number of piperazine rings is 1. The van der Waals surface area contributed by atoms with Crippen LogP contribution in [0.1, 0.15) is 6.92 Å². The van der Waals surface area contributed by atoms with Crippen molar-refractivity contribution in [1.82, 2.24) is 10.2 Å². The molecule has 0 bridgehead atoms. The van der Waals surface area contributed by atoms with E-state index < -0.39 is 0 Å². The van der Waals surface area contributed by atoms with Crippen molar-refractivity contribution in [1.29, 1.82) is 0 Å². The minimum Gasteiger partial charge on any atom is -0.314 e. The SMILES string of the molecule is CCSCN1CCNCC1. The van der Waals surface area contributed by atoms with E-state index in [-0.39, 0.29) is 0 Å². The number of rotatable bonds is 3. The number of nitrogens with zero attached hydrogens (tertiary/aromatic N) is 1. The number of hydrogen-bond acceptors (Lipinski definition) is 3. The fraction of sp³-hybridized carbons (Fsp3) is 1.00. The van der Waals surface area contributed by atoms with Crippen LogP contribution in [0.15, 0.2) is 0 Å². The van der Waals surface area contributed by atoms with Crippen LogP contribution in [0.25, 0.3) is 0 Å². The van der Waals surface area contributed by atoms with Crippen LogP contribution in [0.3, 0.4) is 0 Å². The van der Waals surface area contributed by atoms with Gasteiger partial charge in [-0.25, -0.2) is 0 Å². The van der Waals surface area contributed by atoms with E-state index in [1.54, 1.807) is 0 Å². The molecule has 2 nitrogen and oxygen atoms in total. The predicted molar refractivity (Wildman–Crippen MR) is 47.4 cm³/mol. The summed E-state index contributed by atoms with van der Waals surface area (Å²) in [7, 11) is 0. The van der Waals surface area contributed by atoms with Gasteiger partial charge in [0.1, 0.15) is 0 Å². The van der Waals surface area contributed by atoms with Crippen molar-refractivity contribution in [2.75, 3.05) is 37.8 Å². The van der Waals surface area contributed by atoms with Crippen LogP contribution in [0.5, 0.6) is 0 Å². The van der Waals surface area contributed by atoms with E-state index in [0.717, 1.165) is 0 Å². The molecule has 10 heavy (non-hydrogen) atoms. The third-order valence-corrected chi connectivity index (χ3v) is 2.64. The molecule has 1 saturated heterocycles. The van der Waals surface area contributed by atoms with Gasteiger partial charge in [0.15, 0.2) is 0 Å². The Morgan fingerprint density at radius 1 is 1.40 bits per heavy atom. The first kappa shape index (κ1) is 8.37. The van der Waals surface area contributed by atoms with Gasteiger partial charge in [0.2, 0.25) is 0 Å². The molecule has 1 fully saturated rings. The second-order valence-electron chi connectivity index (χ2n) is 2.49. The molecule has 1 aliphatic heterocycles. The standard InChI is InChI=1S/C7H16N2S/c1-2-10-7-9-5-3-8-4-6-9/h8H,2-7H2,1H3. The molecule has 0 spiro atoms.